The van der Waals surface area contributed by atoms with E-state index in [1.54, 1.807) is 28.9 Å². The van der Waals surface area contributed by atoms with Crippen molar-refractivity contribution in [2.24, 2.45) is 13.0 Å². The molecule has 4 heterocycles. The first-order valence-electron chi connectivity index (χ1n) is 9.96. The van der Waals surface area contributed by atoms with Crippen molar-refractivity contribution in [1.29, 1.82) is 0 Å². The number of thioether (sulfide) groups is 1. The van der Waals surface area contributed by atoms with E-state index in [2.05, 4.69) is 4.98 Å². The van der Waals surface area contributed by atoms with Crippen LogP contribution in [0.5, 0.6) is 0 Å². The Kier molecular flexibility index (Phi) is 6.25. The molecular formula is C20H26N4O4S. The molecule has 4 rings (SSSR count). The van der Waals surface area contributed by atoms with Crippen LogP contribution >= 0.6 is 11.8 Å². The van der Waals surface area contributed by atoms with Crippen molar-refractivity contribution in [3.05, 3.63) is 36.0 Å². The monoisotopic (exact) mass is 418 g/mol. The van der Waals surface area contributed by atoms with Crippen LogP contribution in [0.2, 0.25) is 0 Å². The summed E-state index contributed by atoms with van der Waals surface area (Å²) >= 11 is 1.56. The normalized spacial score (nSPS) is 20.1. The van der Waals surface area contributed by atoms with E-state index in [-0.39, 0.29) is 17.7 Å². The molecule has 2 aromatic heterocycles. The SMILES string of the molecule is Cn1ccnc1SCc1ccc(C(=O)N2CCCC(C(=O)N3CCOCC3)C2)o1. The van der Waals surface area contributed by atoms with Crippen molar-refractivity contribution in [3.8, 4) is 0 Å². The standard InChI is InChI=1S/C20H26N4O4S/c1-22-8-6-21-20(22)29-14-16-4-5-17(28-16)19(26)24-7-2-3-15(13-24)18(25)23-9-11-27-12-10-23/h4-6,8,15H,2-3,7,9-14H2,1H3. The van der Waals surface area contributed by atoms with Crippen molar-refractivity contribution in [3.63, 3.8) is 0 Å². The number of carbonyl (C=O) groups is 2. The average molecular weight is 419 g/mol. The Labute approximate surface area is 174 Å². The maximum absolute atomic E-state index is 12.9. The zero-order valence-electron chi connectivity index (χ0n) is 16.6. The minimum Gasteiger partial charge on any atom is -0.455 e. The quantitative estimate of drug-likeness (QED) is 0.691. The van der Waals surface area contributed by atoms with Crippen molar-refractivity contribution in [2.45, 2.75) is 23.8 Å². The van der Waals surface area contributed by atoms with E-state index in [1.807, 2.05) is 28.8 Å². The third kappa shape index (κ3) is 4.67. The number of nitrogens with zero attached hydrogens (tertiary/aromatic N) is 4. The second kappa shape index (κ2) is 9.04. The third-order valence-corrected chi connectivity index (χ3v) is 6.45. The first-order valence-corrected chi connectivity index (χ1v) is 10.9. The van der Waals surface area contributed by atoms with Gasteiger partial charge in [-0.15, -0.1) is 0 Å². The predicted octanol–water partition coefficient (Wildman–Crippen LogP) is 2.02. The van der Waals surface area contributed by atoms with Crippen LogP contribution in [0, 0.1) is 5.92 Å². The van der Waals surface area contributed by atoms with Gasteiger partial charge in [0.05, 0.1) is 24.9 Å². The molecule has 2 aliphatic heterocycles. The molecule has 9 heteroatoms. The van der Waals surface area contributed by atoms with Crippen LogP contribution in [-0.4, -0.2) is 70.6 Å². The van der Waals surface area contributed by atoms with Crippen LogP contribution in [0.15, 0.2) is 34.1 Å². The number of likely N-dealkylation sites (tertiary alicyclic amines) is 1. The third-order valence-electron chi connectivity index (χ3n) is 5.37. The maximum atomic E-state index is 12.9. The first-order chi connectivity index (χ1) is 14.1. The lowest BCUT2D eigenvalue weighted by molar-refractivity contribution is -0.141. The zero-order chi connectivity index (χ0) is 20.2. The average Bonchev–Trinajstić information content (AvgIpc) is 3.40. The number of ether oxygens (including phenoxy) is 1. The van der Waals surface area contributed by atoms with Crippen molar-refractivity contribution < 1.29 is 18.7 Å². The van der Waals surface area contributed by atoms with E-state index >= 15 is 0 Å². The fourth-order valence-electron chi connectivity index (χ4n) is 3.76. The van der Waals surface area contributed by atoms with E-state index in [0.717, 1.165) is 23.8 Å². The van der Waals surface area contributed by atoms with Gasteiger partial charge in [0, 0.05) is 45.6 Å². The molecule has 2 aromatic rings. The second-order valence-electron chi connectivity index (χ2n) is 7.40. The highest BCUT2D eigenvalue weighted by molar-refractivity contribution is 7.98. The Morgan fingerprint density at radius 1 is 1.21 bits per heavy atom. The van der Waals surface area contributed by atoms with Crippen LogP contribution in [0.4, 0.5) is 0 Å². The summed E-state index contributed by atoms with van der Waals surface area (Å²) < 4.78 is 13.1. The van der Waals surface area contributed by atoms with E-state index < -0.39 is 0 Å². The number of hydrogen-bond acceptors (Lipinski definition) is 6. The number of furan rings is 1. The number of amides is 2. The van der Waals surface area contributed by atoms with E-state index in [9.17, 15) is 9.59 Å². The van der Waals surface area contributed by atoms with Crippen LogP contribution in [0.3, 0.4) is 0 Å². The van der Waals surface area contributed by atoms with Crippen LogP contribution in [-0.2, 0) is 22.3 Å². The minimum atomic E-state index is -0.141. The minimum absolute atomic E-state index is 0.136. The van der Waals surface area contributed by atoms with Gasteiger partial charge >= 0.3 is 0 Å². The topological polar surface area (TPSA) is 80.8 Å². The summed E-state index contributed by atoms with van der Waals surface area (Å²) in [7, 11) is 1.94. The molecule has 0 radical (unpaired) electrons. The van der Waals surface area contributed by atoms with Gasteiger partial charge in [0.1, 0.15) is 5.76 Å². The number of aromatic nitrogens is 2. The Hall–Kier alpha value is -2.26. The smallest absolute Gasteiger partial charge is 0.289 e. The van der Waals surface area contributed by atoms with Gasteiger partial charge in [-0.2, -0.15) is 0 Å². The predicted molar refractivity (Wildman–Crippen MR) is 108 cm³/mol. The summed E-state index contributed by atoms with van der Waals surface area (Å²) in [5.41, 5.74) is 0. The van der Waals surface area contributed by atoms with Gasteiger partial charge in [0.15, 0.2) is 10.9 Å². The highest BCUT2D eigenvalue weighted by Gasteiger charge is 2.33. The van der Waals surface area contributed by atoms with Crippen molar-refractivity contribution in [1.82, 2.24) is 19.4 Å². The van der Waals surface area contributed by atoms with E-state index in [4.69, 9.17) is 9.15 Å². The lowest BCUT2D eigenvalue weighted by Gasteiger charge is -2.35. The summed E-state index contributed by atoms with van der Waals surface area (Å²) in [6.07, 6.45) is 5.30. The summed E-state index contributed by atoms with van der Waals surface area (Å²) in [6, 6.07) is 3.56. The molecule has 2 aliphatic rings. The number of hydrogen-bond donors (Lipinski definition) is 0. The molecule has 0 saturated carbocycles. The largest absolute Gasteiger partial charge is 0.455 e. The Balaban J connectivity index is 1.34. The molecule has 1 unspecified atom stereocenters. The lowest BCUT2D eigenvalue weighted by Crippen LogP contribution is -2.49. The molecule has 156 valence electrons. The molecule has 0 aliphatic carbocycles. The molecule has 0 bridgehead atoms. The Bertz CT molecular complexity index is 858. The molecule has 8 nitrogen and oxygen atoms in total. The van der Waals surface area contributed by atoms with Crippen molar-refractivity contribution >= 4 is 23.6 Å². The van der Waals surface area contributed by atoms with Gasteiger partial charge in [-0.05, 0) is 25.0 Å². The highest BCUT2D eigenvalue weighted by atomic mass is 32.2. The van der Waals surface area contributed by atoms with E-state index in [1.165, 1.54) is 0 Å². The van der Waals surface area contributed by atoms with Gasteiger partial charge < -0.3 is 23.5 Å². The molecule has 29 heavy (non-hydrogen) atoms. The molecular weight excluding hydrogens is 392 g/mol. The van der Waals surface area contributed by atoms with Crippen LogP contribution in [0.1, 0.15) is 29.2 Å². The number of piperidine rings is 1. The van der Waals surface area contributed by atoms with Gasteiger partial charge in [-0.1, -0.05) is 11.8 Å². The van der Waals surface area contributed by atoms with Gasteiger partial charge in [-0.25, -0.2) is 4.98 Å². The Morgan fingerprint density at radius 2 is 2.03 bits per heavy atom. The van der Waals surface area contributed by atoms with Gasteiger partial charge in [0.25, 0.3) is 5.91 Å². The molecule has 0 aromatic carbocycles. The number of imidazole rings is 1. The summed E-state index contributed by atoms with van der Waals surface area (Å²) in [6.45, 7) is 3.56. The Morgan fingerprint density at radius 3 is 2.79 bits per heavy atom. The molecule has 0 N–H and O–H groups in total. The number of rotatable bonds is 5. The van der Waals surface area contributed by atoms with E-state index in [0.29, 0.717) is 50.9 Å². The molecule has 0 spiro atoms. The van der Waals surface area contributed by atoms with Gasteiger partial charge in [-0.3, -0.25) is 9.59 Å². The summed E-state index contributed by atoms with van der Waals surface area (Å²) in [4.78, 5) is 33.6. The maximum Gasteiger partial charge on any atom is 0.289 e. The molecule has 2 fully saturated rings. The number of morpholine rings is 1. The molecule has 1 atom stereocenters. The van der Waals surface area contributed by atoms with Gasteiger partial charge in [0.2, 0.25) is 5.91 Å². The fraction of sp³-hybridized carbons (Fsp3) is 0.550. The second-order valence-corrected chi connectivity index (χ2v) is 8.35. The number of carbonyl (C=O) groups excluding carboxylic acids is 2. The van der Waals surface area contributed by atoms with Crippen LogP contribution < -0.4 is 0 Å². The highest BCUT2D eigenvalue weighted by Crippen LogP contribution is 2.24. The molecule has 2 saturated heterocycles. The zero-order valence-corrected chi connectivity index (χ0v) is 17.4. The summed E-state index contributed by atoms with van der Waals surface area (Å²) in [5.74, 6) is 1.53. The summed E-state index contributed by atoms with van der Waals surface area (Å²) in [5, 5.41) is 0.898. The number of aryl methyl sites for hydroxylation is 1. The fourth-order valence-corrected chi connectivity index (χ4v) is 4.58. The lowest BCUT2D eigenvalue weighted by atomic mass is 9.96. The first kappa shape index (κ1) is 20.0. The van der Waals surface area contributed by atoms with Crippen LogP contribution in [0.25, 0.3) is 0 Å². The molecule has 2 amide bonds. The van der Waals surface area contributed by atoms with Crippen molar-refractivity contribution in [2.75, 3.05) is 39.4 Å².